The van der Waals surface area contributed by atoms with Crippen molar-refractivity contribution in [3.63, 3.8) is 0 Å². The molecule has 0 fully saturated rings. The first-order valence-corrected chi connectivity index (χ1v) is 9.55. The Morgan fingerprint density at radius 2 is 1.57 bits per heavy atom. The minimum Gasteiger partial charge on any atom is -0.493 e. The van der Waals surface area contributed by atoms with Gasteiger partial charge in [0.2, 0.25) is 5.75 Å². The van der Waals surface area contributed by atoms with E-state index in [4.69, 9.17) is 28.4 Å². The van der Waals surface area contributed by atoms with Gasteiger partial charge in [0.25, 0.3) is 0 Å². The van der Waals surface area contributed by atoms with Gasteiger partial charge in [-0.05, 0) is 29.3 Å². The fourth-order valence-corrected chi connectivity index (χ4v) is 4.20. The van der Waals surface area contributed by atoms with Crippen LogP contribution in [0.25, 0.3) is 0 Å². The van der Waals surface area contributed by atoms with E-state index in [1.54, 1.807) is 21.3 Å². The van der Waals surface area contributed by atoms with Crippen molar-refractivity contribution in [3.05, 3.63) is 46.7 Å². The topological polar surface area (TPSA) is 84.5 Å². The molecular weight excluding hydrogens is 390 g/mol. The molecule has 156 valence electrons. The molecule has 0 unspecified atom stereocenters. The van der Waals surface area contributed by atoms with Crippen molar-refractivity contribution in [1.82, 2.24) is 0 Å². The van der Waals surface area contributed by atoms with Crippen LogP contribution in [-0.4, -0.2) is 47.1 Å². The first-order valence-electron chi connectivity index (χ1n) is 9.55. The highest BCUT2D eigenvalue weighted by atomic mass is 16.6. The average Bonchev–Trinajstić information content (AvgIpc) is 3.15. The lowest BCUT2D eigenvalue weighted by molar-refractivity contribution is -0.136. The van der Waals surface area contributed by atoms with Gasteiger partial charge in [-0.1, -0.05) is 0 Å². The number of fused-ring (bicyclic) bond motifs is 2. The largest absolute Gasteiger partial charge is 0.493 e. The molecular formula is C22H21NO7. The summed E-state index contributed by atoms with van der Waals surface area (Å²) in [6.45, 7) is 1.17. The molecule has 30 heavy (non-hydrogen) atoms. The molecule has 5 rings (SSSR count). The maximum Gasteiger partial charge on any atom is 0.337 e. The van der Waals surface area contributed by atoms with Crippen LogP contribution in [0.4, 0.5) is 5.69 Å². The second kappa shape index (κ2) is 7.05. The Hall–Kier alpha value is -3.55. The van der Waals surface area contributed by atoms with Gasteiger partial charge in [-0.2, -0.15) is 0 Å². The summed E-state index contributed by atoms with van der Waals surface area (Å²) < 4.78 is 33.4. The van der Waals surface area contributed by atoms with Crippen molar-refractivity contribution < 1.29 is 33.2 Å². The molecule has 3 aliphatic rings. The Morgan fingerprint density at radius 3 is 2.20 bits per heavy atom. The molecule has 2 aromatic rings. The van der Waals surface area contributed by atoms with Crippen LogP contribution >= 0.6 is 0 Å². The third-order valence-electron chi connectivity index (χ3n) is 5.51. The predicted octanol–water partition coefficient (Wildman–Crippen LogP) is 2.85. The van der Waals surface area contributed by atoms with E-state index < -0.39 is 5.92 Å². The number of esters is 1. The van der Waals surface area contributed by atoms with E-state index in [1.807, 2.05) is 24.3 Å². The normalized spacial score (nSPS) is 18.8. The quantitative estimate of drug-likeness (QED) is 0.769. The minimum absolute atomic E-state index is 0.197. The van der Waals surface area contributed by atoms with Crippen molar-refractivity contribution >= 4 is 11.7 Å². The second-order valence-corrected chi connectivity index (χ2v) is 7.07. The van der Waals surface area contributed by atoms with Crippen LogP contribution in [0.3, 0.4) is 0 Å². The number of carbonyl (C=O) groups is 1. The molecule has 0 amide bonds. The molecule has 0 saturated carbocycles. The highest BCUT2D eigenvalue weighted by Gasteiger charge is 2.40. The average molecular weight is 411 g/mol. The zero-order valence-electron chi connectivity index (χ0n) is 16.9. The smallest absolute Gasteiger partial charge is 0.337 e. The van der Waals surface area contributed by atoms with E-state index in [1.165, 1.54) is 0 Å². The Morgan fingerprint density at radius 1 is 0.900 bits per heavy atom. The van der Waals surface area contributed by atoms with Gasteiger partial charge in [-0.3, -0.25) is 0 Å². The highest BCUT2D eigenvalue weighted by Crippen LogP contribution is 2.50. The summed E-state index contributed by atoms with van der Waals surface area (Å²) in [7, 11) is 4.68. The van der Waals surface area contributed by atoms with E-state index in [9.17, 15) is 4.79 Å². The molecule has 8 nitrogen and oxygen atoms in total. The van der Waals surface area contributed by atoms with Crippen LogP contribution in [0.5, 0.6) is 28.7 Å². The zero-order chi connectivity index (χ0) is 20.8. The van der Waals surface area contributed by atoms with Crippen molar-refractivity contribution in [2.24, 2.45) is 0 Å². The number of cyclic esters (lactones) is 1. The highest BCUT2D eigenvalue weighted by molar-refractivity contribution is 5.97. The van der Waals surface area contributed by atoms with Crippen molar-refractivity contribution in [2.45, 2.75) is 5.92 Å². The number of rotatable bonds is 4. The van der Waals surface area contributed by atoms with E-state index in [2.05, 4.69) is 5.32 Å². The Labute approximate surface area is 173 Å². The predicted molar refractivity (Wildman–Crippen MR) is 107 cm³/mol. The molecule has 0 aromatic heterocycles. The van der Waals surface area contributed by atoms with Gasteiger partial charge < -0.3 is 33.7 Å². The van der Waals surface area contributed by atoms with Gasteiger partial charge in [0, 0.05) is 17.7 Å². The van der Waals surface area contributed by atoms with Gasteiger partial charge in [0.1, 0.15) is 19.8 Å². The van der Waals surface area contributed by atoms with Crippen LogP contribution in [-0.2, 0) is 9.53 Å². The molecule has 0 aliphatic carbocycles. The zero-order valence-corrected chi connectivity index (χ0v) is 16.9. The number of nitrogens with one attached hydrogen (secondary N) is 1. The molecule has 1 atom stereocenters. The number of hydrogen-bond acceptors (Lipinski definition) is 8. The molecule has 0 saturated heterocycles. The summed E-state index contributed by atoms with van der Waals surface area (Å²) in [6, 6.07) is 7.53. The lowest BCUT2D eigenvalue weighted by Gasteiger charge is -2.30. The number of anilines is 1. The van der Waals surface area contributed by atoms with Crippen LogP contribution in [0, 0.1) is 0 Å². The number of benzene rings is 2. The number of hydrogen-bond donors (Lipinski definition) is 1. The molecule has 0 spiro atoms. The third-order valence-corrected chi connectivity index (χ3v) is 5.51. The molecule has 3 heterocycles. The Bertz CT molecular complexity index is 1050. The summed E-state index contributed by atoms with van der Waals surface area (Å²) in [5.41, 5.74) is 3.84. The minimum atomic E-state index is -0.393. The number of methoxy groups -OCH3 is 3. The summed E-state index contributed by atoms with van der Waals surface area (Å²) in [6.07, 6.45) is 0. The molecule has 3 aliphatic heterocycles. The fraction of sp³-hybridized carbons (Fsp3) is 0.318. The van der Waals surface area contributed by atoms with Gasteiger partial charge >= 0.3 is 5.97 Å². The second-order valence-electron chi connectivity index (χ2n) is 7.07. The van der Waals surface area contributed by atoms with Gasteiger partial charge in [0.15, 0.2) is 23.0 Å². The van der Waals surface area contributed by atoms with Gasteiger partial charge in [-0.25, -0.2) is 4.79 Å². The molecule has 2 aromatic carbocycles. The van der Waals surface area contributed by atoms with Crippen molar-refractivity contribution in [3.8, 4) is 28.7 Å². The molecule has 1 N–H and O–H groups in total. The Kier molecular flexibility index (Phi) is 4.34. The standard InChI is InChI=1S/C22H21NO7/c1-25-17-6-11(7-18(26-2)21(17)27-3)19-12-8-15-16(29-5-4-28-15)9-13(12)23-14-10-30-22(24)20(14)19/h6-9,19,23H,4-5,10H2,1-3H3/t19-/m0/s1. The summed E-state index contributed by atoms with van der Waals surface area (Å²) in [5.74, 6) is 2.09. The SMILES string of the molecule is COc1cc([C@@H]2C3=C(COC3=O)Nc3cc4c(cc32)OCCO4)cc(OC)c1OC. The number of carbonyl (C=O) groups excluding carboxylic acids is 1. The number of ether oxygens (including phenoxy) is 6. The third kappa shape index (κ3) is 2.71. The molecule has 8 heteroatoms. The maximum absolute atomic E-state index is 12.7. The van der Waals surface area contributed by atoms with E-state index in [0.717, 1.165) is 22.5 Å². The first kappa shape index (κ1) is 18.5. The molecule has 0 bridgehead atoms. The van der Waals surface area contributed by atoms with Gasteiger partial charge in [-0.15, -0.1) is 0 Å². The van der Waals surface area contributed by atoms with Crippen LogP contribution in [0.1, 0.15) is 17.0 Å². The maximum atomic E-state index is 12.7. The van der Waals surface area contributed by atoms with Crippen LogP contribution < -0.4 is 29.0 Å². The van der Waals surface area contributed by atoms with Gasteiger partial charge in [0.05, 0.1) is 32.6 Å². The lowest BCUT2D eigenvalue weighted by atomic mass is 9.80. The van der Waals surface area contributed by atoms with Crippen molar-refractivity contribution in [1.29, 1.82) is 0 Å². The summed E-state index contributed by atoms with van der Waals surface area (Å²) in [4.78, 5) is 12.7. The first-order chi connectivity index (χ1) is 14.6. The van der Waals surface area contributed by atoms with Crippen molar-refractivity contribution in [2.75, 3.05) is 46.5 Å². The monoisotopic (exact) mass is 411 g/mol. The van der Waals surface area contributed by atoms with E-state index >= 15 is 0 Å². The van der Waals surface area contributed by atoms with E-state index in [-0.39, 0.29) is 12.6 Å². The van der Waals surface area contributed by atoms with Crippen LogP contribution in [0.15, 0.2) is 35.5 Å². The summed E-state index contributed by atoms with van der Waals surface area (Å²) in [5, 5.41) is 3.33. The fourth-order valence-electron chi connectivity index (χ4n) is 4.20. The van der Waals surface area contributed by atoms with E-state index in [0.29, 0.717) is 47.5 Å². The lowest BCUT2D eigenvalue weighted by Crippen LogP contribution is -2.22. The molecule has 0 radical (unpaired) electrons. The summed E-state index contributed by atoms with van der Waals surface area (Å²) >= 11 is 0. The Balaban J connectivity index is 1.73. The van der Waals surface area contributed by atoms with Crippen LogP contribution in [0.2, 0.25) is 0 Å².